The molecule has 1 aliphatic rings. The van der Waals surface area contributed by atoms with Gasteiger partial charge in [-0.1, -0.05) is 38.8 Å². The number of Topliss-reactive ketones (excluding diaryl/α,β-unsaturated/α-hetero) is 2. The van der Waals surface area contributed by atoms with Gasteiger partial charge in [-0.15, -0.1) is 0 Å². The summed E-state index contributed by atoms with van der Waals surface area (Å²) < 4.78 is 0. The maximum atomic E-state index is 12.4. The third kappa shape index (κ3) is 7.38. The Morgan fingerprint density at radius 3 is 2.45 bits per heavy atom. The van der Waals surface area contributed by atoms with Gasteiger partial charge in [0.15, 0.2) is 0 Å². The molecular formula is C20H34O2. The topological polar surface area (TPSA) is 34.1 Å². The Balaban J connectivity index is 2.65. The van der Waals surface area contributed by atoms with Crippen molar-refractivity contribution in [2.75, 3.05) is 0 Å². The smallest absolute Gasteiger partial charge is 0.138 e. The van der Waals surface area contributed by atoms with Crippen LogP contribution in [0, 0.1) is 11.3 Å². The minimum Gasteiger partial charge on any atom is -0.300 e. The molecule has 126 valence electrons. The van der Waals surface area contributed by atoms with Crippen LogP contribution in [0.4, 0.5) is 0 Å². The second-order valence-electron chi connectivity index (χ2n) is 7.82. The molecule has 0 amide bonds. The van der Waals surface area contributed by atoms with Gasteiger partial charge in [0, 0.05) is 24.7 Å². The summed E-state index contributed by atoms with van der Waals surface area (Å²) in [6, 6.07) is 0. The Labute approximate surface area is 136 Å². The Morgan fingerprint density at radius 2 is 1.73 bits per heavy atom. The second kappa shape index (κ2) is 9.27. The van der Waals surface area contributed by atoms with E-state index in [4.69, 9.17) is 0 Å². The number of ketones is 2. The number of allylic oxidation sites excluding steroid dienone is 2. The van der Waals surface area contributed by atoms with Crippen molar-refractivity contribution in [2.45, 2.75) is 91.9 Å². The van der Waals surface area contributed by atoms with Crippen LogP contribution in [0.5, 0.6) is 0 Å². The van der Waals surface area contributed by atoms with Crippen LogP contribution < -0.4 is 0 Å². The maximum Gasteiger partial charge on any atom is 0.138 e. The number of carbonyl (C=O) groups is 2. The van der Waals surface area contributed by atoms with Crippen molar-refractivity contribution in [3.63, 3.8) is 0 Å². The molecule has 0 aromatic rings. The number of hydrogen-bond acceptors (Lipinski definition) is 2. The zero-order valence-corrected chi connectivity index (χ0v) is 15.0. The Morgan fingerprint density at radius 1 is 1.00 bits per heavy atom. The minimum absolute atomic E-state index is 0.312. The van der Waals surface area contributed by atoms with Gasteiger partial charge in [0.25, 0.3) is 0 Å². The van der Waals surface area contributed by atoms with Crippen molar-refractivity contribution in [1.29, 1.82) is 0 Å². The van der Waals surface area contributed by atoms with Gasteiger partial charge in [-0.05, 0) is 51.4 Å². The third-order valence-corrected chi connectivity index (χ3v) is 5.07. The highest BCUT2D eigenvalue weighted by atomic mass is 16.1. The summed E-state index contributed by atoms with van der Waals surface area (Å²) in [7, 11) is 0. The Hall–Kier alpha value is -0.920. The molecule has 22 heavy (non-hydrogen) atoms. The van der Waals surface area contributed by atoms with E-state index < -0.39 is 0 Å². The highest BCUT2D eigenvalue weighted by molar-refractivity contribution is 5.85. The second-order valence-corrected chi connectivity index (χ2v) is 7.82. The highest BCUT2D eigenvalue weighted by Crippen LogP contribution is 2.28. The first-order valence-electron chi connectivity index (χ1n) is 9.02. The molecule has 0 spiro atoms. The van der Waals surface area contributed by atoms with Crippen molar-refractivity contribution in [3.05, 3.63) is 11.6 Å². The fourth-order valence-corrected chi connectivity index (χ4v) is 3.06. The third-order valence-electron chi connectivity index (χ3n) is 5.07. The van der Waals surface area contributed by atoms with Gasteiger partial charge in [0.1, 0.15) is 11.6 Å². The molecule has 0 aliphatic heterocycles. The van der Waals surface area contributed by atoms with Gasteiger partial charge in [-0.3, -0.25) is 9.59 Å². The molecule has 2 nitrogen and oxygen atoms in total. The van der Waals surface area contributed by atoms with Gasteiger partial charge in [-0.2, -0.15) is 0 Å². The highest BCUT2D eigenvalue weighted by Gasteiger charge is 2.27. The summed E-state index contributed by atoms with van der Waals surface area (Å²) in [4.78, 5) is 24.4. The predicted molar refractivity (Wildman–Crippen MR) is 92.9 cm³/mol. The Bertz CT molecular complexity index is 404. The van der Waals surface area contributed by atoms with Crippen LogP contribution in [0.3, 0.4) is 0 Å². The van der Waals surface area contributed by atoms with Gasteiger partial charge < -0.3 is 0 Å². The predicted octanol–water partition coefficient (Wildman–Crippen LogP) is 5.65. The van der Waals surface area contributed by atoms with E-state index in [0.717, 1.165) is 25.7 Å². The zero-order chi connectivity index (χ0) is 16.6. The molecule has 0 bridgehead atoms. The number of rotatable bonds is 0. The maximum absolute atomic E-state index is 12.4. The molecule has 0 fully saturated rings. The zero-order valence-electron chi connectivity index (χ0n) is 15.0. The van der Waals surface area contributed by atoms with E-state index in [1.165, 1.54) is 18.4 Å². The summed E-state index contributed by atoms with van der Waals surface area (Å²) in [5, 5.41) is 0. The van der Waals surface area contributed by atoms with Crippen molar-refractivity contribution in [2.24, 2.45) is 11.3 Å². The van der Waals surface area contributed by atoms with Gasteiger partial charge in [0.05, 0.1) is 0 Å². The monoisotopic (exact) mass is 306 g/mol. The molecule has 0 aromatic heterocycles. The summed E-state index contributed by atoms with van der Waals surface area (Å²) in [6.07, 6.45) is 11.4. The van der Waals surface area contributed by atoms with Gasteiger partial charge >= 0.3 is 0 Å². The molecule has 0 N–H and O–H groups in total. The first-order valence-corrected chi connectivity index (χ1v) is 9.02. The normalized spacial score (nSPS) is 26.5. The van der Waals surface area contributed by atoms with Crippen molar-refractivity contribution in [1.82, 2.24) is 0 Å². The van der Waals surface area contributed by atoms with E-state index in [1.54, 1.807) is 0 Å². The lowest BCUT2D eigenvalue weighted by atomic mass is 9.79. The summed E-state index contributed by atoms with van der Waals surface area (Å²) in [5.41, 5.74) is 1.10. The summed E-state index contributed by atoms with van der Waals surface area (Å²) in [5.74, 6) is 1.25. The quantitative estimate of drug-likeness (QED) is 0.542. The summed E-state index contributed by atoms with van der Waals surface area (Å²) >= 11 is 0. The van der Waals surface area contributed by atoms with Gasteiger partial charge in [0.2, 0.25) is 0 Å². The fourth-order valence-electron chi connectivity index (χ4n) is 3.06. The molecule has 0 aromatic carbocycles. The average Bonchev–Trinajstić information content (AvgIpc) is 2.46. The molecule has 0 saturated heterocycles. The lowest BCUT2D eigenvalue weighted by Gasteiger charge is -2.23. The molecule has 1 aliphatic carbocycles. The number of hydrogen-bond donors (Lipinski definition) is 0. The van der Waals surface area contributed by atoms with E-state index in [-0.39, 0.29) is 5.41 Å². The van der Waals surface area contributed by atoms with E-state index >= 15 is 0 Å². The van der Waals surface area contributed by atoms with Crippen LogP contribution in [-0.4, -0.2) is 11.6 Å². The van der Waals surface area contributed by atoms with E-state index in [0.29, 0.717) is 43.2 Å². The largest absolute Gasteiger partial charge is 0.300 e. The van der Waals surface area contributed by atoms with Crippen LogP contribution in [0.25, 0.3) is 0 Å². The lowest BCUT2D eigenvalue weighted by Crippen LogP contribution is -2.25. The van der Waals surface area contributed by atoms with Crippen LogP contribution >= 0.6 is 0 Å². The summed E-state index contributed by atoms with van der Waals surface area (Å²) in [6.45, 7) is 8.46. The Kier molecular flexibility index (Phi) is 8.06. The molecule has 1 atom stereocenters. The fraction of sp³-hybridized carbons (Fsp3) is 0.800. The van der Waals surface area contributed by atoms with Crippen LogP contribution in [0.15, 0.2) is 11.6 Å². The van der Waals surface area contributed by atoms with Crippen molar-refractivity contribution in [3.8, 4) is 0 Å². The minimum atomic E-state index is -0.344. The van der Waals surface area contributed by atoms with E-state index in [1.807, 2.05) is 13.8 Å². The van der Waals surface area contributed by atoms with Gasteiger partial charge in [-0.25, -0.2) is 0 Å². The lowest BCUT2D eigenvalue weighted by molar-refractivity contribution is -0.128. The van der Waals surface area contributed by atoms with Crippen molar-refractivity contribution < 1.29 is 9.59 Å². The molecule has 1 unspecified atom stereocenters. The molecular weight excluding hydrogens is 272 g/mol. The van der Waals surface area contributed by atoms with Crippen LogP contribution in [-0.2, 0) is 9.59 Å². The SMILES string of the molecule is CC1=CCCCC(=O)CCC(C)(C)C(=O)CCC(C)CCC1. The average molecular weight is 306 g/mol. The van der Waals surface area contributed by atoms with E-state index in [9.17, 15) is 9.59 Å². The molecule has 0 heterocycles. The standard InChI is InChI=1S/C20H34O2/c1-16-8-5-6-11-18(21)14-15-20(3,4)19(22)13-12-17(2)10-7-9-16/h8,17H,5-7,9-15H2,1-4H3. The van der Waals surface area contributed by atoms with Crippen molar-refractivity contribution >= 4 is 11.6 Å². The number of carbonyl (C=O) groups excluding carboxylic acids is 2. The van der Waals surface area contributed by atoms with Crippen LogP contribution in [0.1, 0.15) is 91.9 Å². The molecule has 2 heteroatoms. The molecule has 0 radical (unpaired) electrons. The van der Waals surface area contributed by atoms with Crippen LogP contribution in [0.2, 0.25) is 0 Å². The molecule has 0 saturated carbocycles. The first-order chi connectivity index (χ1) is 10.3. The first kappa shape index (κ1) is 19.1. The van der Waals surface area contributed by atoms with E-state index in [2.05, 4.69) is 19.9 Å². The molecule has 1 rings (SSSR count).